The highest BCUT2D eigenvalue weighted by molar-refractivity contribution is 6.01. The van der Waals surface area contributed by atoms with Crippen LogP contribution in [0.4, 0.5) is 4.79 Å². The Morgan fingerprint density at radius 2 is 1.24 bits per heavy atom. The number of carbonyl (C=O) groups excluding carboxylic acids is 3. The van der Waals surface area contributed by atoms with Crippen molar-refractivity contribution in [2.45, 2.75) is 51.4 Å². The van der Waals surface area contributed by atoms with Gasteiger partial charge < -0.3 is 24.3 Å². The smallest absolute Gasteiger partial charge is 0.407 e. The first kappa shape index (κ1) is 35.0. The number of fused-ring (bicyclic) bond motifs is 3. The molecule has 8 nitrogen and oxygen atoms in total. The number of Topliss-reactive ketones (excluding diaryl/α,β-unsaturated/α-hetero) is 1. The highest BCUT2D eigenvalue weighted by Crippen LogP contribution is 2.44. The standard InChI is InChI=1S/C43H41NO7/c1-43(2,3)51-40(45)28-49-33-23-19-31(20-24-33)41(46)39(25-29-17-21-32(22-18-29)48-26-30-11-5-4-6-12-30)44-42(47)50-27-38-36-15-9-7-13-34(36)35-14-8-10-16-37(35)38/h4-24,38-39H,25-28H2,1-3H3,(H,44,47)/t39-/m0/s1. The Bertz CT molecular complexity index is 1920. The van der Waals surface area contributed by atoms with Gasteiger partial charge in [0.15, 0.2) is 12.4 Å². The van der Waals surface area contributed by atoms with Crippen LogP contribution in [-0.2, 0) is 27.3 Å². The molecule has 51 heavy (non-hydrogen) atoms. The molecule has 6 rings (SSSR count). The van der Waals surface area contributed by atoms with Crippen molar-refractivity contribution in [3.8, 4) is 22.6 Å². The van der Waals surface area contributed by atoms with Gasteiger partial charge in [0.25, 0.3) is 0 Å². The molecule has 0 aliphatic heterocycles. The number of hydrogen-bond acceptors (Lipinski definition) is 7. The number of hydrogen-bond donors (Lipinski definition) is 1. The Balaban J connectivity index is 1.14. The summed E-state index contributed by atoms with van der Waals surface area (Å²) >= 11 is 0. The summed E-state index contributed by atoms with van der Waals surface area (Å²) in [6.45, 7) is 5.65. The molecule has 0 bridgehead atoms. The molecule has 1 N–H and O–H groups in total. The van der Waals surface area contributed by atoms with E-state index in [9.17, 15) is 14.4 Å². The first-order valence-electron chi connectivity index (χ1n) is 17.0. The molecule has 1 atom stereocenters. The van der Waals surface area contributed by atoms with E-state index in [-0.39, 0.29) is 31.3 Å². The second-order valence-electron chi connectivity index (χ2n) is 13.4. The second kappa shape index (κ2) is 15.8. The molecule has 0 radical (unpaired) electrons. The van der Waals surface area contributed by atoms with Crippen LogP contribution in [0, 0.1) is 0 Å². The van der Waals surface area contributed by atoms with E-state index >= 15 is 0 Å². The third-order valence-electron chi connectivity index (χ3n) is 8.48. The quantitative estimate of drug-likeness (QED) is 0.0984. The van der Waals surface area contributed by atoms with Gasteiger partial charge in [-0.15, -0.1) is 0 Å². The summed E-state index contributed by atoms with van der Waals surface area (Å²) in [5.74, 6) is 0.188. The molecular weight excluding hydrogens is 642 g/mol. The van der Waals surface area contributed by atoms with Crippen molar-refractivity contribution < 1.29 is 33.3 Å². The number of amides is 1. The van der Waals surface area contributed by atoms with Crippen molar-refractivity contribution in [2.24, 2.45) is 0 Å². The predicted octanol–water partition coefficient (Wildman–Crippen LogP) is 8.32. The topological polar surface area (TPSA) is 100 Å². The lowest BCUT2D eigenvalue weighted by Gasteiger charge is -2.20. The Morgan fingerprint density at radius 3 is 1.86 bits per heavy atom. The SMILES string of the molecule is CC(C)(C)OC(=O)COc1ccc(C(=O)[C@H](Cc2ccc(OCc3ccccc3)cc2)NC(=O)OCC2c3ccccc3-c3ccccc32)cc1. The predicted molar refractivity (Wildman–Crippen MR) is 195 cm³/mol. The molecule has 0 aromatic heterocycles. The minimum absolute atomic E-state index is 0.117. The minimum atomic E-state index is -0.926. The van der Waals surface area contributed by atoms with Gasteiger partial charge >= 0.3 is 12.1 Å². The molecule has 1 aliphatic carbocycles. The number of ketones is 1. The number of rotatable bonds is 13. The zero-order valence-electron chi connectivity index (χ0n) is 29.0. The fraction of sp³-hybridized carbons (Fsp3) is 0.233. The fourth-order valence-electron chi connectivity index (χ4n) is 6.12. The van der Waals surface area contributed by atoms with Crippen molar-refractivity contribution in [1.82, 2.24) is 5.32 Å². The van der Waals surface area contributed by atoms with Gasteiger partial charge in [0.1, 0.15) is 30.3 Å². The summed E-state index contributed by atoms with van der Waals surface area (Å²) in [5, 5.41) is 2.84. The Hall–Kier alpha value is -5.89. The van der Waals surface area contributed by atoms with Gasteiger partial charge in [-0.1, -0.05) is 91.0 Å². The molecule has 0 saturated heterocycles. The molecule has 8 heteroatoms. The van der Waals surface area contributed by atoms with Crippen LogP contribution in [0.25, 0.3) is 11.1 Å². The number of nitrogens with one attached hydrogen (secondary N) is 1. The number of carbonyl (C=O) groups is 3. The van der Waals surface area contributed by atoms with Crippen LogP contribution in [0.3, 0.4) is 0 Å². The third kappa shape index (κ3) is 9.22. The molecule has 1 amide bonds. The van der Waals surface area contributed by atoms with Crippen molar-refractivity contribution in [3.63, 3.8) is 0 Å². The molecule has 1 aliphatic rings. The van der Waals surface area contributed by atoms with E-state index in [1.807, 2.05) is 78.9 Å². The highest BCUT2D eigenvalue weighted by Gasteiger charge is 2.30. The van der Waals surface area contributed by atoms with Crippen molar-refractivity contribution in [1.29, 1.82) is 0 Å². The van der Waals surface area contributed by atoms with Gasteiger partial charge in [0, 0.05) is 17.9 Å². The highest BCUT2D eigenvalue weighted by atomic mass is 16.6. The van der Waals surface area contributed by atoms with Gasteiger partial charge in [-0.05, 0) is 90.6 Å². The Labute approximate surface area is 298 Å². The zero-order valence-corrected chi connectivity index (χ0v) is 29.0. The maximum atomic E-state index is 13.9. The van der Waals surface area contributed by atoms with Gasteiger partial charge in [-0.25, -0.2) is 9.59 Å². The Kier molecular flexibility index (Phi) is 10.8. The summed E-state index contributed by atoms with van der Waals surface area (Å²) in [7, 11) is 0. The molecule has 5 aromatic rings. The van der Waals surface area contributed by atoms with E-state index in [0.717, 1.165) is 33.4 Å². The number of benzene rings is 5. The first-order chi connectivity index (χ1) is 24.6. The lowest BCUT2D eigenvalue weighted by Crippen LogP contribution is -2.43. The van der Waals surface area contributed by atoms with E-state index < -0.39 is 23.7 Å². The van der Waals surface area contributed by atoms with Crippen LogP contribution in [-0.4, -0.2) is 42.7 Å². The van der Waals surface area contributed by atoms with Crippen LogP contribution in [0.1, 0.15) is 59.3 Å². The maximum Gasteiger partial charge on any atom is 0.407 e. The van der Waals surface area contributed by atoms with E-state index in [1.54, 1.807) is 45.0 Å². The van der Waals surface area contributed by atoms with E-state index in [2.05, 4.69) is 29.6 Å². The molecule has 0 saturated carbocycles. The van der Waals surface area contributed by atoms with Crippen LogP contribution in [0.2, 0.25) is 0 Å². The molecular formula is C43H41NO7. The maximum absolute atomic E-state index is 13.9. The second-order valence-corrected chi connectivity index (χ2v) is 13.4. The largest absolute Gasteiger partial charge is 0.489 e. The van der Waals surface area contributed by atoms with Gasteiger partial charge in [0.2, 0.25) is 0 Å². The third-order valence-corrected chi connectivity index (χ3v) is 8.48. The average molecular weight is 684 g/mol. The Morgan fingerprint density at radius 1 is 0.667 bits per heavy atom. The summed E-state index contributed by atoms with van der Waals surface area (Å²) < 4.78 is 22.6. The van der Waals surface area contributed by atoms with E-state index in [0.29, 0.717) is 23.7 Å². The number of ether oxygens (including phenoxy) is 4. The van der Waals surface area contributed by atoms with Crippen LogP contribution >= 0.6 is 0 Å². The normalized spacial score (nSPS) is 12.6. The summed E-state index contributed by atoms with van der Waals surface area (Å²) in [5.41, 5.74) is 6.09. The lowest BCUT2D eigenvalue weighted by molar-refractivity contribution is -0.157. The van der Waals surface area contributed by atoms with Crippen molar-refractivity contribution >= 4 is 17.8 Å². The van der Waals surface area contributed by atoms with Gasteiger partial charge in [0.05, 0.1) is 6.04 Å². The number of esters is 1. The average Bonchev–Trinajstić information content (AvgIpc) is 3.45. The first-order valence-corrected chi connectivity index (χ1v) is 17.0. The van der Waals surface area contributed by atoms with E-state index in [1.165, 1.54) is 0 Å². The summed E-state index contributed by atoms with van der Waals surface area (Å²) in [4.78, 5) is 39.4. The van der Waals surface area contributed by atoms with Crippen LogP contribution < -0.4 is 14.8 Å². The summed E-state index contributed by atoms with van der Waals surface area (Å²) in [6, 6.07) is 39.1. The summed E-state index contributed by atoms with van der Waals surface area (Å²) in [6.07, 6.45) is -0.464. The molecule has 0 unspecified atom stereocenters. The lowest BCUT2D eigenvalue weighted by atomic mass is 9.97. The van der Waals surface area contributed by atoms with Crippen molar-refractivity contribution in [3.05, 3.63) is 155 Å². The minimum Gasteiger partial charge on any atom is -0.489 e. The molecule has 0 fully saturated rings. The van der Waals surface area contributed by atoms with Gasteiger partial charge in [-0.3, -0.25) is 4.79 Å². The van der Waals surface area contributed by atoms with Gasteiger partial charge in [-0.2, -0.15) is 0 Å². The molecule has 0 heterocycles. The van der Waals surface area contributed by atoms with Crippen LogP contribution in [0.5, 0.6) is 11.5 Å². The number of alkyl carbamates (subject to hydrolysis) is 1. The molecule has 5 aromatic carbocycles. The molecule has 0 spiro atoms. The molecule has 260 valence electrons. The zero-order chi connectivity index (χ0) is 35.8. The van der Waals surface area contributed by atoms with Crippen LogP contribution in [0.15, 0.2) is 127 Å². The fourth-order valence-corrected chi connectivity index (χ4v) is 6.12. The van der Waals surface area contributed by atoms with Crippen molar-refractivity contribution in [2.75, 3.05) is 13.2 Å². The monoisotopic (exact) mass is 683 g/mol. The van der Waals surface area contributed by atoms with E-state index in [4.69, 9.17) is 18.9 Å².